The fourth-order valence-corrected chi connectivity index (χ4v) is 0.587. The maximum absolute atomic E-state index is 5.52. The van der Waals surface area contributed by atoms with Gasteiger partial charge in [-0.05, 0) is 30.4 Å². The van der Waals surface area contributed by atoms with E-state index in [1.165, 1.54) is 0 Å². The predicted molar refractivity (Wildman–Crippen MR) is 76.6 cm³/mol. The summed E-state index contributed by atoms with van der Waals surface area (Å²) in [6, 6.07) is 7.80. The summed E-state index contributed by atoms with van der Waals surface area (Å²) in [4.78, 5) is 0. The van der Waals surface area contributed by atoms with Crippen LogP contribution < -0.4 is 5.73 Å². The van der Waals surface area contributed by atoms with E-state index in [0.717, 1.165) is 23.1 Å². The van der Waals surface area contributed by atoms with Crippen molar-refractivity contribution in [2.75, 3.05) is 5.73 Å². The average Bonchev–Trinajstić information content (AvgIpc) is 2.08. The van der Waals surface area contributed by atoms with Gasteiger partial charge in [0.25, 0.3) is 0 Å². The molecule has 1 heteroatoms. The van der Waals surface area contributed by atoms with Gasteiger partial charge in [-0.1, -0.05) is 59.7 Å². The molecule has 0 unspecified atom stereocenters. The zero-order valence-electron chi connectivity index (χ0n) is 12.0. The Morgan fingerprint density at radius 3 is 1.31 bits per heavy atom. The zero-order valence-corrected chi connectivity index (χ0v) is 12.0. The molecule has 0 aliphatic rings. The Bertz CT molecular complexity index is 219. The largest absolute Gasteiger partial charge is 0.399 e. The van der Waals surface area contributed by atoms with Crippen molar-refractivity contribution in [2.24, 2.45) is 11.8 Å². The Kier molecular flexibility index (Phi) is 11.5. The first-order valence-corrected chi connectivity index (χ1v) is 6.08. The number of para-hydroxylation sites is 1. The minimum absolute atomic E-state index is 0.833. The highest BCUT2D eigenvalue weighted by Crippen LogP contribution is 2.06. The van der Waals surface area contributed by atoms with Gasteiger partial charge in [-0.15, -0.1) is 0 Å². The number of nitrogen functional groups attached to an aromatic ring is 1. The number of rotatable bonds is 0. The molecule has 1 aromatic rings. The van der Waals surface area contributed by atoms with Crippen LogP contribution in [0.2, 0.25) is 0 Å². The van der Waals surface area contributed by atoms with Crippen LogP contribution in [-0.4, -0.2) is 0 Å². The highest BCUT2D eigenvalue weighted by Gasteiger charge is 1.84. The molecule has 1 rings (SSSR count). The van der Waals surface area contributed by atoms with Crippen LogP contribution in [0.1, 0.15) is 47.1 Å². The van der Waals surface area contributed by atoms with Crippen molar-refractivity contribution in [3.05, 3.63) is 29.8 Å². The van der Waals surface area contributed by atoms with E-state index < -0.39 is 0 Å². The van der Waals surface area contributed by atoms with E-state index >= 15 is 0 Å². The summed E-state index contributed by atoms with van der Waals surface area (Å²) in [5, 5.41) is 0. The second kappa shape index (κ2) is 10.5. The Morgan fingerprint density at radius 2 is 1.12 bits per heavy atom. The molecule has 0 spiro atoms. The quantitative estimate of drug-likeness (QED) is 0.622. The maximum Gasteiger partial charge on any atom is 0.0343 e. The second-order valence-corrected chi connectivity index (χ2v) is 5.32. The Hall–Kier alpha value is -0.980. The molecule has 0 aliphatic carbocycles. The highest BCUT2D eigenvalue weighted by atomic mass is 14.5. The standard InChI is InChI=1S/C7H9N.2C4H10/c1-6-4-2-3-5-7(6)8;2*1-4(2)3/h2-5H,8H2,1H3;2*4H,1-3H3. The first-order chi connectivity index (χ1) is 7.27. The molecular weight excluding hydrogens is 194 g/mol. The molecule has 1 nitrogen and oxygen atoms in total. The van der Waals surface area contributed by atoms with Gasteiger partial charge >= 0.3 is 0 Å². The third-order valence-electron chi connectivity index (χ3n) is 1.19. The number of hydrogen-bond donors (Lipinski definition) is 1. The van der Waals surface area contributed by atoms with Gasteiger partial charge in [-0.25, -0.2) is 0 Å². The molecule has 1 aromatic carbocycles. The van der Waals surface area contributed by atoms with Crippen LogP contribution in [0.3, 0.4) is 0 Å². The number of aryl methyl sites for hydroxylation is 1. The Morgan fingerprint density at radius 1 is 0.812 bits per heavy atom. The fourth-order valence-electron chi connectivity index (χ4n) is 0.587. The summed E-state index contributed by atoms with van der Waals surface area (Å²) in [5.41, 5.74) is 7.53. The van der Waals surface area contributed by atoms with Crippen LogP contribution in [-0.2, 0) is 0 Å². The van der Waals surface area contributed by atoms with Crippen molar-refractivity contribution in [2.45, 2.75) is 48.5 Å². The van der Waals surface area contributed by atoms with Crippen LogP contribution in [0.5, 0.6) is 0 Å². The fraction of sp³-hybridized carbons (Fsp3) is 0.600. The first-order valence-electron chi connectivity index (χ1n) is 6.08. The average molecular weight is 223 g/mol. The summed E-state index contributed by atoms with van der Waals surface area (Å²) in [6.45, 7) is 15.0. The summed E-state index contributed by atoms with van der Waals surface area (Å²) in [7, 11) is 0. The van der Waals surface area contributed by atoms with Crippen molar-refractivity contribution >= 4 is 5.69 Å². The second-order valence-electron chi connectivity index (χ2n) is 5.32. The van der Waals surface area contributed by atoms with Gasteiger partial charge in [-0.3, -0.25) is 0 Å². The summed E-state index contributed by atoms with van der Waals surface area (Å²) >= 11 is 0. The van der Waals surface area contributed by atoms with E-state index in [9.17, 15) is 0 Å². The molecule has 0 saturated heterocycles. The van der Waals surface area contributed by atoms with Crippen molar-refractivity contribution in [3.63, 3.8) is 0 Å². The lowest BCUT2D eigenvalue weighted by molar-refractivity contribution is 0.736. The lowest BCUT2D eigenvalue weighted by Gasteiger charge is -1.93. The molecule has 0 saturated carbocycles. The van der Waals surface area contributed by atoms with Gasteiger partial charge in [0.15, 0.2) is 0 Å². The molecule has 16 heavy (non-hydrogen) atoms. The lowest BCUT2D eigenvalue weighted by Crippen LogP contribution is -1.85. The minimum atomic E-state index is 0.833. The first kappa shape index (κ1) is 17.4. The molecule has 0 bridgehead atoms. The normalized spacial score (nSPS) is 9.06. The van der Waals surface area contributed by atoms with Crippen molar-refractivity contribution in [3.8, 4) is 0 Å². The topological polar surface area (TPSA) is 26.0 Å². The maximum atomic E-state index is 5.52. The molecule has 0 heterocycles. The van der Waals surface area contributed by atoms with E-state index in [-0.39, 0.29) is 0 Å². The summed E-state index contributed by atoms with van der Waals surface area (Å²) < 4.78 is 0. The third-order valence-corrected chi connectivity index (χ3v) is 1.19. The van der Waals surface area contributed by atoms with Gasteiger partial charge in [0.1, 0.15) is 0 Å². The van der Waals surface area contributed by atoms with Crippen LogP contribution >= 0.6 is 0 Å². The molecule has 94 valence electrons. The molecule has 0 atom stereocenters. The highest BCUT2D eigenvalue weighted by molar-refractivity contribution is 5.44. The van der Waals surface area contributed by atoms with Crippen LogP contribution in [0.4, 0.5) is 5.69 Å². The summed E-state index contributed by atoms with van der Waals surface area (Å²) in [6.07, 6.45) is 0. The van der Waals surface area contributed by atoms with E-state index in [0.29, 0.717) is 0 Å². The molecule has 0 aliphatic heterocycles. The molecular formula is C15H29N. The molecule has 0 radical (unpaired) electrons. The van der Waals surface area contributed by atoms with Gasteiger partial charge in [0.2, 0.25) is 0 Å². The third kappa shape index (κ3) is 18.7. The van der Waals surface area contributed by atoms with E-state index in [2.05, 4.69) is 41.5 Å². The van der Waals surface area contributed by atoms with Gasteiger partial charge in [0, 0.05) is 5.69 Å². The lowest BCUT2D eigenvalue weighted by atomic mass is 10.2. The Balaban J connectivity index is 0. The number of hydrogen-bond acceptors (Lipinski definition) is 1. The molecule has 0 aromatic heterocycles. The number of benzene rings is 1. The van der Waals surface area contributed by atoms with E-state index in [1.54, 1.807) is 0 Å². The zero-order chi connectivity index (χ0) is 13.1. The molecule has 2 N–H and O–H groups in total. The van der Waals surface area contributed by atoms with Crippen molar-refractivity contribution in [1.82, 2.24) is 0 Å². The smallest absolute Gasteiger partial charge is 0.0343 e. The Labute approximate surface area is 102 Å². The monoisotopic (exact) mass is 223 g/mol. The summed E-state index contributed by atoms with van der Waals surface area (Å²) in [5.74, 6) is 1.67. The molecule has 0 fully saturated rings. The van der Waals surface area contributed by atoms with Gasteiger partial charge in [0.05, 0.1) is 0 Å². The van der Waals surface area contributed by atoms with Crippen molar-refractivity contribution in [1.29, 1.82) is 0 Å². The van der Waals surface area contributed by atoms with E-state index in [4.69, 9.17) is 5.73 Å². The van der Waals surface area contributed by atoms with Crippen LogP contribution in [0.25, 0.3) is 0 Å². The number of nitrogens with two attached hydrogens (primary N) is 1. The van der Waals surface area contributed by atoms with Gasteiger partial charge < -0.3 is 5.73 Å². The van der Waals surface area contributed by atoms with E-state index in [1.807, 2.05) is 31.2 Å². The number of anilines is 1. The van der Waals surface area contributed by atoms with Crippen LogP contribution in [0, 0.1) is 18.8 Å². The van der Waals surface area contributed by atoms with Crippen molar-refractivity contribution < 1.29 is 0 Å². The van der Waals surface area contributed by atoms with Crippen LogP contribution in [0.15, 0.2) is 24.3 Å². The SMILES string of the molecule is CC(C)C.CC(C)C.Cc1ccccc1N. The van der Waals surface area contributed by atoms with Gasteiger partial charge in [-0.2, -0.15) is 0 Å². The molecule has 0 amide bonds. The minimum Gasteiger partial charge on any atom is -0.399 e. The predicted octanol–water partition coefficient (Wildman–Crippen LogP) is 4.90.